The third-order valence-electron chi connectivity index (χ3n) is 15.0. The minimum Gasteiger partial charge on any atom is -0.506 e. The molecule has 0 aromatic heterocycles. The molecule has 8 rings (SSSR count). The maximum Gasteiger partial charge on any atom is 0.201 e. The number of aliphatic hydroxyl groups is 10. The molecule has 20 nitrogen and oxygen atoms in total. The zero-order valence-corrected chi connectivity index (χ0v) is 36.7. The molecule has 358 valence electrons. The van der Waals surface area contributed by atoms with Crippen molar-refractivity contribution in [3.8, 4) is 57.1 Å². The van der Waals surface area contributed by atoms with Crippen molar-refractivity contribution < 1.29 is 100 Å². The average Bonchev–Trinajstić information content (AvgIpc) is 3.28. The summed E-state index contributed by atoms with van der Waals surface area (Å²) in [6, 6.07) is 2.57. The van der Waals surface area contributed by atoms with E-state index in [0.717, 1.165) is 14.2 Å². The minimum absolute atomic E-state index is 0.0388. The van der Waals surface area contributed by atoms with E-state index in [1.807, 2.05) is 0 Å². The van der Waals surface area contributed by atoms with Gasteiger partial charge in [-0.1, -0.05) is 26.7 Å². The first-order valence-corrected chi connectivity index (χ1v) is 21.4. The number of methoxy groups -OCH3 is 4. The molecule has 0 heterocycles. The van der Waals surface area contributed by atoms with Gasteiger partial charge in [-0.15, -0.1) is 0 Å². The molecule has 0 aliphatic heterocycles. The minimum atomic E-state index is -3.00. The number of hydrogen-bond acceptors (Lipinski definition) is 20. The van der Waals surface area contributed by atoms with E-state index in [-0.39, 0.29) is 57.7 Å². The van der Waals surface area contributed by atoms with E-state index in [1.165, 1.54) is 26.4 Å². The van der Waals surface area contributed by atoms with Crippen LogP contribution in [0.5, 0.6) is 46.0 Å². The topological polar surface area (TPSA) is 354 Å². The van der Waals surface area contributed by atoms with Crippen molar-refractivity contribution in [2.45, 2.75) is 111 Å². The Balaban J connectivity index is 1.44. The molecule has 2 fully saturated rings. The summed E-state index contributed by atoms with van der Waals surface area (Å²) in [5.41, 5.74) is -13.9. The summed E-state index contributed by atoms with van der Waals surface area (Å²) >= 11 is 0. The van der Waals surface area contributed by atoms with Crippen LogP contribution < -0.4 is 18.9 Å². The van der Waals surface area contributed by atoms with E-state index in [1.54, 1.807) is 13.8 Å². The SMILES string of the molecule is CCC[C@@]1(O)[C@H](O)[C@@H](O)[C@H](O)[C@@H]2Cc3cc4c(OC)c(OC)c(-c5c(OC)c(OC)c6cc7c(c(O)c6c5O)C(=O)[C@@]5(O)[C@@H](C7)[C@@H](O)[C@H](O)[C@@H](O)[C@]5(O)CCC)c(O)c4c(O)c3C(=O)[C@@]21O. The van der Waals surface area contributed by atoms with Crippen LogP contribution in [0.1, 0.15) is 71.4 Å². The summed E-state index contributed by atoms with van der Waals surface area (Å²) in [6.07, 6.45) is -13.9. The number of carbonyl (C=O) groups is 2. The van der Waals surface area contributed by atoms with Gasteiger partial charge in [0.15, 0.2) is 34.2 Å². The standard InChI is InChI=1S/C46H54O20/c1-7-9-43(59)41(57)33(53)27(47)19-13-15-11-17-23(29(49)21(15)39(55)45(19,43)61)31(51)25(37(65-5)35(17)63-3)26-32(52)24-18(36(64-4)38(26)66-6)12-16-14-20-28(48)34(54)42(58)44(60,10-8-2)46(20,62)40(56)22(16)30(24)50/h11-12,19-20,27-28,33-34,41-42,47-54,57-62H,7-10,13-14H2,1-6H3/t19-,20-,27+,28+,33-,34-,41+,42+,43+,44+,45-,46-/m0/s1. The Labute approximate surface area is 375 Å². The fraction of sp³-hybridized carbons (Fsp3) is 0.522. The molecule has 0 amide bonds. The zero-order chi connectivity index (χ0) is 48.7. The number of hydrogen-bond donors (Lipinski definition) is 14. The molecular weight excluding hydrogens is 872 g/mol. The van der Waals surface area contributed by atoms with Crippen molar-refractivity contribution in [2.24, 2.45) is 11.8 Å². The molecule has 0 bridgehead atoms. The Kier molecular flexibility index (Phi) is 11.2. The van der Waals surface area contributed by atoms with Gasteiger partial charge in [-0.05, 0) is 48.9 Å². The highest BCUT2D eigenvalue weighted by Crippen LogP contribution is 2.63. The molecule has 0 radical (unpaired) electrons. The second-order valence-electron chi connectivity index (χ2n) is 18.0. The zero-order valence-electron chi connectivity index (χ0n) is 36.7. The Bertz CT molecular complexity index is 2540. The number of phenolic OH excluding ortho intramolecular Hbond substituents is 4. The third kappa shape index (κ3) is 5.50. The van der Waals surface area contributed by atoms with Gasteiger partial charge in [0.1, 0.15) is 58.6 Å². The second-order valence-corrected chi connectivity index (χ2v) is 18.0. The van der Waals surface area contributed by atoms with Gasteiger partial charge in [-0.2, -0.15) is 0 Å². The second kappa shape index (κ2) is 15.7. The van der Waals surface area contributed by atoms with E-state index in [0.29, 0.717) is 0 Å². The fourth-order valence-electron chi connectivity index (χ4n) is 11.9. The van der Waals surface area contributed by atoms with Gasteiger partial charge < -0.3 is 90.4 Å². The molecule has 4 aromatic rings. The number of phenols is 4. The van der Waals surface area contributed by atoms with Crippen molar-refractivity contribution in [1.29, 1.82) is 0 Å². The van der Waals surface area contributed by atoms with Gasteiger partial charge in [-0.25, -0.2) is 0 Å². The van der Waals surface area contributed by atoms with Crippen LogP contribution in [0.4, 0.5) is 0 Å². The molecule has 20 heteroatoms. The molecular formula is C46H54O20. The quantitative estimate of drug-likeness (QED) is 0.105. The number of fused-ring (bicyclic) bond motifs is 6. The predicted octanol–water partition coefficient (Wildman–Crippen LogP) is -0.0560. The van der Waals surface area contributed by atoms with Crippen LogP contribution in [0.15, 0.2) is 12.1 Å². The lowest BCUT2D eigenvalue weighted by Crippen LogP contribution is -2.79. The van der Waals surface area contributed by atoms with Gasteiger partial charge >= 0.3 is 0 Å². The van der Waals surface area contributed by atoms with E-state index in [9.17, 15) is 81.1 Å². The van der Waals surface area contributed by atoms with Crippen molar-refractivity contribution in [3.05, 3.63) is 34.4 Å². The Morgan fingerprint density at radius 2 is 0.803 bits per heavy atom. The molecule has 12 atom stereocenters. The monoisotopic (exact) mass is 926 g/mol. The van der Waals surface area contributed by atoms with Gasteiger partial charge in [0.2, 0.25) is 11.6 Å². The van der Waals surface area contributed by atoms with Crippen LogP contribution in [-0.2, 0) is 12.8 Å². The molecule has 0 unspecified atom stereocenters. The molecule has 4 aromatic carbocycles. The summed E-state index contributed by atoms with van der Waals surface area (Å²) in [4.78, 5) is 29.3. The lowest BCUT2D eigenvalue weighted by atomic mass is 9.54. The first kappa shape index (κ1) is 47.2. The van der Waals surface area contributed by atoms with Crippen molar-refractivity contribution in [3.63, 3.8) is 0 Å². The highest BCUT2D eigenvalue weighted by atomic mass is 16.5. The highest BCUT2D eigenvalue weighted by molar-refractivity contribution is 6.19. The highest BCUT2D eigenvalue weighted by Gasteiger charge is 2.72. The smallest absolute Gasteiger partial charge is 0.201 e. The van der Waals surface area contributed by atoms with Gasteiger partial charge in [-0.3, -0.25) is 9.59 Å². The van der Waals surface area contributed by atoms with Crippen LogP contribution in [0.25, 0.3) is 32.7 Å². The molecule has 4 aliphatic rings. The number of rotatable bonds is 9. The van der Waals surface area contributed by atoms with E-state index in [4.69, 9.17) is 18.9 Å². The van der Waals surface area contributed by atoms with Crippen LogP contribution in [-0.4, -0.2) is 171 Å². The van der Waals surface area contributed by atoms with Gasteiger partial charge in [0.05, 0.1) is 73.7 Å². The Hall–Kier alpha value is -5.26. The lowest BCUT2D eigenvalue weighted by Gasteiger charge is -2.57. The summed E-state index contributed by atoms with van der Waals surface area (Å²) in [5, 5.41) is 162. The Morgan fingerprint density at radius 3 is 1.09 bits per heavy atom. The molecule has 14 N–H and O–H groups in total. The third-order valence-corrected chi connectivity index (χ3v) is 15.0. The average molecular weight is 927 g/mol. The van der Waals surface area contributed by atoms with E-state index < -0.39 is 164 Å². The summed E-state index contributed by atoms with van der Waals surface area (Å²) < 4.78 is 23.1. The normalized spacial score (nSPS) is 33.8. The van der Waals surface area contributed by atoms with Crippen molar-refractivity contribution in [1.82, 2.24) is 0 Å². The largest absolute Gasteiger partial charge is 0.506 e. The summed E-state index contributed by atoms with van der Waals surface area (Å²) in [5.74, 6) is -11.0. The molecule has 0 saturated heterocycles. The van der Waals surface area contributed by atoms with Crippen LogP contribution in [0.3, 0.4) is 0 Å². The maximum absolute atomic E-state index is 14.7. The first-order chi connectivity index (χ1) is 31.0. The van der Waals surface area contributed by atoms with Crippen molar-refractivity contribution in [2.75, 3.05) is 28.4 Å². The summed E-state index contributed by atoms with van der Waals surface area (Å²) in [7, 11) is 4.68. The van der Waals surface area contributed by atoms with Crippen LogP contribution in [0.2, 0.25) is 0 Å². The number of aliphatic hydroxyl groups excluding tert-OH is 6. The number of benzene rings is 4. The van der Waals surface area contributed by atoms with Crippen LogP contribution in [0, 0.1) is 11.8 Å². The molecule has 66 heavy (non-hydrogen) atoms. The number of Topliss-reactive ketones (excluding diaryl/α,β-unsaturated/α-hetero) is 2. The van der Waals surface area contributed by atoms with Gasteiger partial charge in [0, 0.05) is 22.6 Å². The van der Waals surface area contributed by atoms with Crippen molar-refractivity contribution >= 4 is 33.1 Å². The maximum atomic E-state index is 14.7. The molecule has 0 spiro atoms. The lowest BCUT2D eigenvalue weighted by molar-refractivity contribution is -0.282. The predicted molar refractivity (Wildman–Crippen MR) is 228 cm³/mol. The number of ketones is 2. The first-order valence-electron chi connectivity index (χ1n) is 21.4. The number of ether oxygens (including phenoxy) is 4. The number of aromatic hydroxyl groups is 4. The fourth-order valence-corrected chi connectivity index (χ4v) is 11.9. The van der Waals surface area contributed by atoms with Crippen LogP contribution >= 0.6 is 0 Å². The van der Waals surface area contributed by atoms with E-state index >= 15 is 0 Å². The number of carbonyl (C=O) groups excluding carboxylic acids is 2. The Morgan fingerprint density at radius 1 is 0.500 bits per heavy atom. The van der Waals surface area contributed by atoms with E-state index in [2.05, 4.69) is 0 Å². The molecule has 2 saturated carbocycles. The van der Waals surface area contributed by atoms with Gasteiger partial charge in [0.25, 0.3) is 0 Å². The molecule has 4 aliphatic carbocycles. The summed E-state index contributed by atoms with van der Waals surface area (Å²) in [6.45, 7) is 3.16.